The van der Waals surface area contributed by atoms with E-state index in [9.17, 15) is 0 Å². The number of rotatable bonds is 0. The Hall–Kier alpha value is -2.02. The number of allylic oxidation sites excluding steroid dienone is 1. The van der Waals surface area contributed by atoms with Crippen LogP contribution in [-0.4, -0.2) is 7.05 Å². The first-order valence-corrected chi connectivity index (χ1v) is 5.92. The molecule has 0 radical (unpaired) electrons. The maximum atomic E-state index is 2.26. The summed E-state index contributed by atoms with van der Waals surface area (Å²) in [5.74, 6) is 0. The van der Waals surface area contributed by atoms with Crippen LogP contribution in [0.15, 0.2) is 54.6 Å². The fourth-order valence-electron chi connectivity index (χ4n) is 2.57. The van der Waals surface area contributed by atoms with E-state index in [1.54, 1.807) is 0 Å². The van der Waals surface area contributed by atoms with Crippen LogP contribution in [0.4, 0.5) is 11.4 Å². The van der Waals surface area contributed by atoms with Crippen molar-refractivity contribution >= 4 is 16.9 Å². The van der Waals surface area contributed by atoms with Gasteiger partial charge in [0.15, 0.2) is 0 Å². The summed E-state index contributed by atoms with van der Waals surface area (Å²) in [6, 6.07) is 17.1. The summed E-state index contributed by atoms with van der Waals surface area (Å²) in [6.07, 6.45) is 2.20. The molecule has 1 heteroatoms. The highest BCUT2D eigenvalue weighted by Gasteiger charge is 2.22. The zero-order valence-corrected chi connectivity index (χ0v) is 10.1. The number of para-hydroxylation sites is 2. The molecule has 1 heterocycles. The highest BCUT2D eigenvalue weighted by molar-refractivity contribution is 5.97. The summed E-state index contributed by atoms with van der Waals surface area (Å²) in [7, 11) is 2.13. The lowest BCUT2D eigenvalue weighted by molar-refractivity contribution is 1.17. The van der Waals surface area contributed by atoms with Gasteiger partial charge in [0.05, 0.1) is 0 Å². The molecule has 0 saturated heterocycles. The lowest BCUT2D eigenvalue weighted by Crippen LogP contribution is -2.17. The molecule has 0 aliphatic carbocycles. The molecule has 84 valence electrons. The second-order valence-corrected chi connectivity index (χ2v) is 4.30. The Bertz CT molecular complexity index is 546. The van der Waals surface area contributed by atoms with Crippen LogP contribution >= 0.6 is 0 Å². The third-order valence-corrected chi connectivity index (χ3v) is 3.40. The number of benzene rings is 2. The topological polar surface area (TPSA) is 3.24 Å². The summed E-state index contributed by atoms with van der Waals surface area (Å²) in [4.78, 5) is 2.26. The van der Waals surface area contributed by atoms with E-state index in [0.717, 1.165) is 0 Å². The second kappa shape index (κ2) is 3.77. The zero-order chi connectivity index (χ0) is 11.8. The number of nitrogens with zero attached hydrogens (tertiary/aromatic N) is 1. The van der Waals surface area contributed by atoms with E-state index in [-0.39, 0.29) is 0 Å². The van der Waals surface area contributed by atoms with Gasteiger partial charge in [0.1, 0.15) is 0 Å². The largest absolute Gasteiger partial charge is 0.344 e. The summed E-state index contributed by atoms with van der Waals surface area (Å²) >= 11 is 0. The van der Waals surface area contributed by atoms with Crippen LogP contribution in [0.5, 0.6) is 0 Å². The molecule has 0 bridgehead atoms. The van der Waals surface area contributed by atoms with Crippen LogP contribution in [0.2, 0.25) is 0 Å². The summed E-state index contributed by atoms with van der Waals surface area (Å²) in [5.41, 5.74) is 6.51. The predicted octanol–water partition coefficient (Wildman–Crippen LogP) is 4.22. The van der Waals surface area contributed by atoms with Gasteiger partial charge in [-0.2, -0.15) is 0 Å². The summed E-state index contributed by atoms with van der Waals surface area (Å²) in [6.45, 7) is 2.11. The van der Waals surface area contributed by atoms with Crippen molar-refractivity contribution in [3.8, 4) is 0 Å². The van der Waals surface area contributed by atoms with Crippen LogP contribution in [0, 0.1) is 0 Å². The van der Waals surface area contributed by atoms with Gasteiger partial charge in [0.25, 0.3) is 0 Å². The zero-order valence-electron chi connectivity index (χ0n) is 10.1. The van der Waals surface area contributed by atoms with E-state index < -0.39 is 0 Å². The monoisotopic (exact) mass is 221 g/mol. The SMILES string of the molecule is CC=C1c2ccccc2N(C)c2ccccc21. The maximum Gasteiger partial charge on any atom is 0.0488 e. The standard InChI is InChI=1S/C16H15N/c1-3-12-13-8-4-6-10-15(13)17(2)16-11-7-5-9-14(12)16/h3-11H,1-2H3. The molecule has 2 aromatic rings. The molecule has 1 nitrogen and oxygen atoms in total. The van der Waals surface area contributed by atoms with Gasteiger partial charge in [-0.15, -0.1) is 0 Å². The number of anilines is 2. The van der Waals surface area contributed by atoms with Crippen molar-refractivity contribution < 1.29 is 0 Å². The lowest BCUT2D eigenvalue weighted by atomic mass is 9.90. The average Bonchev–Trinajstić information content (AvgIpc) is 2.40. The molecular weight excluding hydrogens is 206 g/mol. The van der Waals surface area contributed by atoms with Crippen LogP contribution in [-0.2, 0) is 0 Å². The Kier molecular flexibility index (Phi) is 2.25. The van der Waals surface area contributed by atoms with Crippen molar-refractivity contribution in [2.45, 2.75) is 6.92 Å². The van der Waals surface area contributed by atoms with Gasteiger partial charge >= 0.3 is 0 Å². The van der Waals surface area contributed by atoms with E-state index in [4.69, 9.17) is 0 Å². The average molecular weight is 221 g/mol. The molecule has 0 amide bonds. The molecule has 0 aromatic heterocycles. The number of fused-ring (bicyclic) bond motifs is 2. The molecule has 1 aliphatic rings. The summed E-state index contributed by atoms with van der Waals surface area (Å²) < 4.78 is 0. The van der Waals surface area contributed by atoms with Crippen LogP contribution in [0.1, 0.15) is 18.1 Å². The third-order valence-electron chi connectivity index (χ3n) is 3.40. The second-order valence-electron chi connectivity index (χ2n) is 4.30. The quantitative estimate of drug-likeness (QED) is 0.643. The fourth-order valence-corrected chi connectivity index (χ4v) is 2.57. The fraction of sp³-hybridized carbons (Fsp3) is 0.125. The van der Waals surface area contributed by atoms with E-state index in [1.807, 2.05) is 0 Å². The van der Waals surface area contributed by atoms with Crippen LogP contribution in [0.25, 0.3) is 5.57 Å². The first-order valence-electron chi connectivity index (χ1n) is 5.92. The minimum Gasteiger partial charge on any atom is -0.344 e. The molecule has 0 N–H and O–H groups in total. The molecule has 0 fully saturated rings. The Labute approximate surface area is 102 Å². The lowest BCUT2D eigenvalue weighted by Gasteiger charge is -2.31. The Morgan fingerprint density at radius 1 is 0.824 bits per heavy atom. The van der Waals surface area contributed by atoms with Crippen LogP contribution < -0.4 is 4.90 Å². The van der Waals surface area contributed by atoms with Gasteiger partial charge in [-0.1, -0.05) is 42.5 Å². The van der Waals surface area contributed by atoms with Gasteiger partial charge in [0, 0.05) is 29.5 Å². The molecule has 2 aromatic carbocycles. The van der Waals surface area contributed by atoms with Crippen molar-refractivity contribution in [2.75, 3.05) is 11.9 Å². The van der Waals surface area contributed by atoms with Crippen LogP contribution in [0.3, 0.4) is 0 Å². The van der Waals surface area contributed by atoms with Crippen molar-refractivity contribution in [1.29, 1.82) is 0 Å². The van der Waals surface area contributed by atoms with E-state index >= 15 is 0 Å². The van der Waals surface area contributed by atoms with Crippen molar-refractivity contribution in [1.82, 2.24) is 0 Å². The Balaban J connectivity index is 2.33. The molecule has 0 atom stereocenters. The van der Waals surface area contributed by atoms with E-state index in [2.05, 4.69) is 73.5 Å². The van der Waals surface area contributed by atoms with E-state index in [0.29, 0.717) is 0 Å². The molecule has 0 spiro atoms. The minimum atomic E-state index is 1.28. The first kappa shape index (κ1) is 10.2. The molecule has 0 unspecified atom stereocenters. The highest BCUT2D eigenvalue weighted by atomic mass is 15.1. The molecule has 3 rings (SSSR count). The molecule has 17 heavy (non-hydrogen) atoms. The van der Waals surface area contributed by atoms with Crippen molar-refractivity contribution in [3.05, 3.63) is 65.7 Å². The van der Waals surface area contributed by atoms with E-state index in [1.165, 1.54) is 28.1 Å². The highest BCUT2D eigenvalue weighted by Crippen LogP contribution is 2.43. The van der Waals surface area contributed by atoms with Crippen molar-refractivity contribution in [3.63, 3.8) is 0 Å². The normalized spacial score (nSPS) is 13.1. The molecular formula is C16H15N. The maximum absolute atomic E-state index is 2.26. The Morgan fingerprint density at radius 2 is 1.29 bits per heavy atom. The van der Waals surface area contributed by atoms with Gasteiger partial charge < -0.3 is 4.90 Å². The van der Waals surface area contributed by atoms with Gasteiger partial charge in [0.2, 0.25) is 0 Å². The Morgan fingerprint density at radius 3 is 1.76 bits per heavy atom. The third kappa shape index (κ3) is 1.39. The minimum absolute atomic E-state index is 1.28. The summed E-state index contributed by atoms with van der Waals surface area (Å²) in [5, 5.41) is 0. The number of hydrogen-bond donors (Lipinski definition) is 0. The number of hydrogen-bond acceptors (Lipinski definition) is 1. The van der Waals surface area contributed by atoms with Gasteiger partial charge in [-0.05, 0) is 24.6 Å². The molecule has 0 saturated carbocycles. The smallest absolute Gasteiger partial charge is 0.0488 e. The van der Waals surface area contributed by atoms with Crippen molar-refractivity contribution in [2.24, 2.45) is 0 Å². The predicted molar refractivity (Wildman–Crippen MR) is 73.7 cm³/mol. The van der Waals surface area contributed by atoms with Gasteiger partial charge in [-0.3, -0.25) is 0 Å². The molecule has 1 aliphatic heterocycles. The van der Waals surface area contributed by atoms with Gasteiger partial charge in [-0.25, -0.2) is 0 Å². The first-order chi connectivity index (χ1) is 8.33.